The van der Waals surface area contributed by atoms with E-state index >= 15 is 0 Å². The van der Waals surface area contributed by atoms with Gasteiger partial charge in [-0.1, -0.05) is 61.4 Å². The number of thioether (sulfide) groups is 1. The summed E-state index contributed by atoms with van der Waals surface area (Å²) in [7, 11) is 0. The summed E-state index contributed by atoms with van der Waals surface area (Å²) in [5.74, 6) is 2.14. The van der Waals surface area contributed by atoms with Crippen molar-refractivity contribution in [1.29, 1.82) is 0 Å². The zero-order chi connectivity index (χ0) is 19.3. The van der Waals surface area contributed by atoms with Crippen LogP contribution in [0.5, 0.6) is 0 Å². The Morgan fingerprint density at radius 1 is 1.18 bits per heavy atom. The first-order valence-electron chi connectivity index (χ1n) is 10.3. The van der Waals surface area contributed by atoms with Crippen LogP contribution in [-0.4, -0.2) is 37.9 Å². The van der Waals surface area contributed by atoms with E-state index in [1.54, 1.807) is 0 Å². The van der Waals surface area contributed by atoms with Crippen molar-refractivity contribution in [3.05, 3.63) is 53.9 Å². The predicted molar refractivity (Wildman–Crippen MR) is 112 cm³/mol. The fraction of sp³-hybridized carbons (Fsp3) is 0.500. The minimum Gasteiger partial charge on any atom is -0.337 e. The fourth-order valence-electron chi connectivity index (χ4n) is 4.30. The molecule has 0 unspecified atom stereocenters. The summed E-state index contributed by atoms with van der Waals surface area (Å²) in [4.78, 5) is 14.8. The van der Waals surface area contributed by atoms with Gasteiger partial charge in [0, 0.05) is 25.6 Å². The molecule has 1 fully saturated rings. The Morgan fingerprint density at radius 2 is 1.96 bits per heavy atom. The van der Waals surface area contributed by atoms with Gasteiger partial charge in [0.2, 0.25) is 5.91 Å². The molecule has 0 spiro atoms. The molecule has 2 aromatic rings. The highest BCUT2D eigenvalue weighted by atomic mass is 32.2. The van der Waals surface area contributed by atoms with Gasteiger partial charge in [-0.05, 0) is 30.4 Å². The largest absolute Gasteiger partial charge is 0.337 e. The molecule has 1 amide bonds. The molecular formula is C22H28N4OS. The second kappa shape index (κ2) is 8.95. The van der Waals surface area contributed by atoms with E-state index in [9.17, 15) is 4.79 Å². The summed E-state index contributed by atoms with van der Waals surface area (Å²) in [6.07, 6.45) is 9.06. The molecule has 1 aromatic heterocycles. The molecule has 4 rings (SSSR count). The molecule has 0 atom stereocenters. The van der Waals surface area contributed by atoms with E-state index in [0.29, 0.717) is 24.8 Å². The summed E-state index contributed by atoms with van der Waals surface area (Å²) in [6.45, 7) is 6.10. The second-order valence-electron chi connectivity index (χ2n) is 7.70. The number of fused-ring (bicyclic) bond motifs is 1. The lowest BCUT2D eigenvalue weighted by molar-refractivity contribution is -0.129. The molecule has 0 radical (unpaired) electrons. The normalized spacial score (nSPS) is 17.4. The first kappa shape index (κ1) is 19.2. The molecule has 1 aromatic carbocycles. The van der Waals surface area contributed by atoms with E-state index < -0.39 is 0 Å². The molecule has 0 bridgehead atoms. The molecular weight excluding hydrogens is 368 g/mol. The van der Waals surface area contributed by atoms with Crippen molar-refractivity contribution in [3.8, 4) is 0 Å². The summed E-state index contributed by atoms with van der Waals surface area (Å²) in [5, 5.41) is 9.76. The monoisotopic (exact) mass is 396 g/mol. The standard InChI is InChI=1S/C22H28N4OS/c1-2-13-26-21(18-9-4-3-5-10-18)23-24-22(26)28-16-20(27)25-14-12-17-8-6-7-11-19(17)15-25/h2,6-8,11,18H,1,3-5,9-10,12-16H2. The lowest BCUT2D eigenvalue weighted by atomic mass is 9.89. The quantitative estimate of drug-likeness (QED) is 0.543. The third kappa shape index (κ3) is 4.17. The van der Waals surface area contributed by atoms with Crippen LogP contribution in [0.2, 0.25) is 0 Å². The molecule has 5 nitrogen and oxygen atoms in total. The molecule has 2 heterocycles. The molecule has 6 heteroatoms. The van der Waals surface area contributed by atoms with E-state index in [0.717, 1.165) is 23.9 Å². The highest BCUT2D eigenvalue weighted by molar-refractivity contribution is 7.99. The van der Waals surface area contributed by atoms with Crippen LogP contribution in [0.3, 0.4) is 0 Å². The van der Waals surface area contributed by atoms with Gasteiger partial charge in [-0.15, -0.1) is 16.8 Å². The van der Waals surface area contributed by atoms with Crippen LogP contribution in [0.4, 0.5) is 0 Å². The number of hydrogen-bond acceptors (Lipinski definition) is 4. The average Bonchev–Trinajstić information content (AvgIpc) is 3.15. The van der Waals surface area contributed by atoms with Gasteiger partial charge in [0.15, 0.2) is 5.16 Å². The van der Waals surface area contributed by atoms with Crippen molar-refractivity contribution in [3.63, 3.8) is 0 Å². The lowest BCUT2D eigenvalue weighted by Crippen LogP contribution is -2.37. The van der Waals surface area contributed by atoms with Crippen LogP contribution in [0, 0.1) is 0 Å². The summed E-state index contributed by atoms with van der Waals surface area (Å²) >= 11 is 1.51. The Bertz CT molecular complexity index is 841. The van der Waals surface area contributed by atoms with Crippen molar-refractivity contribution in [2.45, 2.75) is 62.7 Å². The molecule has 1 saturated carbocycles. The maximum Gasteiger partial charge on any atom is 0.233 e. The smallest absolute Gasteiger partial charge is 0.233 e. The number of carbonyl (C=O) groups excluding carboxylic acids is 1. The number of allylic oxidation sites excluding steroid dienone is 1. The number of hydrogen-bond donors (Lipinski definition) is 0. The van der Waals surface area contributed by atoms with Crippen LogP contribution in [-0.2, 0) is 24.3 Å². The van der Waals surface area contributed by atoms with Gasteiger partial charge >= 0.3 is 0 Å². The first-order chi connectivity index (χ1) is 13.8. The number of carbonyl (C=O) groups is 1. The van der Waals surface area contributed by atoms with Crippen LogP contribution < -0.4 is 0 Å². The van der Waals surface area contributed by atoms with E-state index in [2.05, 4.69) is 39.5 Å². The van der Waals surface area contributed by atoms with Gasteiger partial charge in [0.1, 0.15) is 5.82 Å². The summed E-state index contributed by atoms with van der Waals surface area (Å²) in [6, 6.07) is 8.41. The SMILES string of the molecule is C=CCn1c(SCC(=O)N2CCc3ccccc3C2)nnc1C1CCCCC1. The van der Waals surface area contributed by atoms with E-state index in [-0.39, 0.29) is 5.91 Å². The highest BCUT2D eigenvalue weighted by Gasteiger charge is 2.25. The number of benzene rings is 1. The van der Waals surface area contributed by atoms with Gasteiger partial charge < -0.3 is 9.47 Å². The van der Waals surface area contributed by atoms with Crippen LogP contribution >= 0.6 is 11.8 Å². The minimum absolute atomic E-state index is 0.173. The van der Waals surface area contributed by atoms with Crippen molar-refractivity contribution in [2.75, 3.05) is 12.3 Å². The number of rotatable bonds is 6. The second-order valence-corrected chi connectivity index (χ2v) is 8.64. The Balaban J connectivity index is 1.41. The van der Waals surface area contributed by atoms with Gasteiger partial charge in [-0.3, -0.25) is 4.79 Å². The molecule has 148 valence electrons. The van der Waals surface area contributed by atoms with Crippen LogP contribution in [0.1, 0.15) is 55.0 Å². The maximum absolute atomic E-state index is 12.8. The van der Waals surface area contributed by atoms with E-state index in [1.807, 2.05) is 17.0 Å². The van der Waals surface area contributed by atoms with Crippen molar-refractivity contribution >= 4 is 17.7 Å². The van der Waals surface area contributed by atoms with Crippen molar-refractivity contribution in [1.82, 2.24) is 19.7 Å². The van der Waals surface area contributed by atoms with E-state index in [1.165, 1.54) is 55.0 Å². The zero-order valence-corrected chi connectivity index (χ0v) is 17.2. The lowest BCUT2D eigenvalue weighted by Gasteiger charge is -2.28. The average molecular weight is 397 g/mol. The molecule has 1 aliphatic heterocycles. The summed E-state index contributed by atoms with van der Waals surface area (Å²) in [5.41, 5.74) is 2.63. The van der Waals surface area contributed by atoms with Crippen LogP contribution in [0.15, 0.2) is 42.1 Å². The topological polar surface area (TPSA) is 51.0 Å². The molecule has 1 aliphatic carbocycles. The number of nitrogens with zero attached hydrogens (tertiary/aromatic N) is 4. The third-order valence-corrected chi connectivity index (χ3v) is 6.79. The van der Waals surface area contributed by atoms with E-state index in [4.69, 9.17) is 0 Å². The fourth-order valence-corrected chi connectivity index (χ4v) is 5.15. The summed E-state index contributed by atoms with van der Waals surface area (Å²) < 4.78 is 2.16. The Kier molecular flexibility index (Phi) is 6.15. The van der Waals surface area contributed by atoms with Gasteiger partial charge in [-0.2, -0.15) is 0 Å². The maximum atomic E-state index is 12.8. The van der Waals surface area contributed by atoms with Gasteiger partial charge in [0.25, 0.3) is 0 Å². The van der Waals surface area contributed by atoms with Gasteiger partial charge in [0.05, 0.1) is 5.75 Å². The van der Waals surface area contributed by atoms with Crippen molar-refractivity contribution in [2.24, 2.45) is 0 Å². The molecule has 0 saturated heterocycles. The Labute approximate surface area is 171 Å². The minimum atomic E-state index is 0.173. The van der Waals surface area contributed by atoms with Crippen LogP contribution in [0.25, 0.3) is 0 Å². The number of aromatic nitrogens is 3. The molecule has 0 N–H and O–H groups in total. The first-order valence-corrected chi connectivity index (χ1v) is 11.3. The number of amides is 1. The van der Waals surface area contributed by atoms with Gasteiger partial charge in [-0.25, -0.2) is 0 Å². The predicted octanol–water partition coefficient (Wildman–Crippen LogP) is 4.19. The molecule has 2 aliphatic rings. The Hall–Kier alpha value is -2.08. The van der Waals surface area contributed by atoms with Crippen molar-refractivity contribution < 1.29 is 4.79 Å². The molecule has 28 heavy (non-hydrogen) atoms. The Morgan fingerprint density at radius 3 is 2.75 bits per heavy atom. The third-order valence-electron chi connectivity index (χ3n) is 5.84. The zero-order valence-electron chi connectivity index (χ0n) is 16.3. The highest BCUT2D eigenvalue weighted by Crippen LogP contribution is 2.33.